The molecule has 1 N–H and O–H groups in total. The van der Waals surface area contributed by atoms with E-state index in [2.05, 4.69) is 5.32 Å². The summed E-state index contributed by atoms with van der Waals surface area (Å²) in [6, 6.07) is 10.7. The van der Waals surface area contributed by atoms with E-state index in [1.54, 1.807) is 37.3 Å². The molecule has 0 spiro atoms. The van der Waals surface area contributed by atoms with Crippen molar-refractivity contribution in [2.24, 2.45) is 0 Å². The highest BCUT2D eigenvalue weighted by atomic mass is 35.5. The normalized spacial score (nSPS) is 16.5. The van der Waals surface area contributed by atoms with Gasteiger partial charge in [-0.05, 0) is 42.8 Å². The van der Waals surface area contributed by atoms with Crippen molar-refractivity contribution in [1.82, 2.24) is 9.62 Å². The van der Waals surface area contributed by atoms with E-state index in [0.29, 0.717) is 36.3 Å². The SMILES string of the molecule is CC(NC(=O)c1cccc(S(=O)(=O)N2CCOCC2)c1)c1ccc(Cl)cc1Cl. The van der Waals surface area contributed by atoms with E-state index in [1.807, 2.05) is 0 Å². The number of nitrogens with one attached hydrogen (secondary N) is 1. The summed E-state index contributed by atoms with van der Waals surface area (Å²) in [4.78, 5) is 12.7. The fourth-order valence-corrected chi connectivity index (χ4v) is 4.97. The van der Waals surface area contributed by atoms with Gasteiger partial charge in [0.15, 0.2) is 0 Å². The molecule has 1 fully saturated rings. The van der Waals surface area contributed by atoms with Crippen molar-refractivity contribution < 1.29 is 17.9 Å². The molecular formula is C19H20Cl2N2O4S. The molecule has 1 amide bonds. The number of hydrogen-bond acceptors (Lipinski definition) is 4. The zero-order chi connectivity index (χ0) is 20.3. The van der Waals surface area contributed by atoms with Crippen molar-refractivity contribution in [3.8, 4) is 0 Å². The summed E-state index contributed by atoms with van der Waals surface area (Å²) in [6.45, 7) is 3.11. The van der Waals surface area contributed by atoms with Gasteiger partial charge in [0.1, 0.15) is 0 Å². The van der Waals surface area contributed by atoms with Gasteiger partial charge in [0.2, 0.25) is 10.0 Å². The number of ether oxygens (including phenoxy) is 1. The van der Waals surface area contributed by atoms with E-state index in [0.717, 1.165) is 5.56 Å². The van der Waals surface area contributed by atoms with Crippen LogP contribution in [0.25, 0.3) is 0 Å². The molecule has 150 valence electrons. The molecule has 1 aliphatic heterocycles. The zero-order valence-corrected chi connectivity index (χ0v) is 17.5. The summed E-state index contributed by atoms with van der Waals surface area (Å²) >= 11 is 12.1. The minimum atomic E-state index is -3.67. The van der Waals surface area contributed by atoms with Crippen molar-refractivity contribution in [2.45, 2.75) is 17.9 Å². The first-order valence-corrected chi connectivity index (χ1v) is 10.9. The molecule has 2 aromatic carbocycles. The van der Waals surface area contributed by atoms with Crippen LogP contribution in [0.4, 0.5) is 0 Å². The molecule has 1 saturated heterocycles. The van der Waals surface area contributed by atoms with Gasteiger partial charge in [-0.1, -0.05) is 35.3 Å². The Morgan fingerprint density at radius 2 is 1.86 bits per heavy atom. The van der Waals surface area contributed by atoms with Crippen LogP contribution in [0.5, 0.6) is 0 Å². The highest BCUT2D eigenvalue weighted by Crippen LogP contribution is 2.26. The lowest BCUT2D eigenvalue weighted by molar-refractivity contribution is 0.0730. The number of hydrogen-bond donors (Lipinski definition) is 1. The Labute approximate surface area is 174 Å². The summed E-state index contributed by atoms with van der Waals surface area (Å²) in [5, 5.41) is 3.79. The number of carbonyl (C=O) groups is 1. The lowest BCUT2D eigenvalue weighted by atomic mass is 10.1. The van der Waals surface area contributed by atoms with Gasteiger partial charge in [-0.3, -0.25) is 4.79 Å². The predicted octanol–water partition coefficient (Wildman–Crippen LogP) is 3.51. The fraction of sp³-hybridized carbons (Fsp3) is 0.316. The highest BCUT2D eigenvalue weighted by molar-refractivity contribution is 7.89. The smallest absolute Gasteiger partial charge is 0.251 e. The van der Waals surface area contributed by atoms with Crippen molar-refractivity contribution in [3.63, 3.8) is 0 Å². The first-order chi connectivity index (χ1) is 13.3. The predicted molar refractivity (Wildman–Crippen MR) is 108 cm³/mol. The third-order valence-electron chi connectivity index (χ3n) is 4.48. The maximum Gasteiger partial charge on any atom is 0.251 e. The molecule has 1 aliphatic rings. The lowest BCUT2D eigenvalue weighted by Gasteiger charge is -2.26. The van der Waals surface area contributed by atoms with Gasteiger partial charge in [-0.15, -0.1) is 0 Å². The number of amides is 1. The second kappa shape index (κ2) is 8.80. The second-order valence-electron chi connectivity index (χ2n) is 6.41. The summed E-state index contributed by atoms with van der Waals surface area (Å²) in [7, 11) is -3.67. The van der Waals surface area contributed by atoms with Crippen molar-refractivity contribution in [2.75, 3.05) is 26.3 Å². The Balaban J connectivity index is 1.78. The van der Waals surface area contributed by atoms with Crippen molar-refractivity contribution in [3.05, 3.63) is 63.6 Å². The highest BCUT2D eigenvalue weighted by Gasteiger charge is 2.27. The van der Waals surface area contributed by atoms with E-state index < -0.39 is 15.9 Å². The number of carbonyl (C=O) groups excluding carboxylic acids is 1. The third kappa shape index (κ3) is 4.67. The minimum Gasteiger partial charge on any atom is -0.379 e. The maximum absolute atomic E-state index is 12.8. The minimum absolute atomic E-state index is 0.0826. The molecule has 1 atom stereocenters. The number of morpholine rings is 1. The van der Waals surface area contributed by atoms with Gasteiger partial charge in [-0.2, -0.15) is 4.31 Å². The van der Waals surface area contributed by atoms with Crippen LogP contribution in [0.2, 0.25) is 10.0 Å². The van der Waals surface area contributed by atoms with Crippen LogP contribution in [0, 0.1) is 0 Å². The lowest BCUT2D eigenvalue weighted by Crippen LogP contribution is -2.40. The Morgan fingerprint density at radius 1 is 1.14 bits per heavy atom. The van der Waals surface area contributed by atoms with Crippen LogP contribution in [-0.2, 0) is 14.8 Å². The van der Waals surface area contributed by atoms with E-state index >= 15 is 0 Å². The van der Waals surface area contributed by atoms with Crippen LogP contribution < -0.4 is 5.32 Å². The first-order valence-electron chi connectivity index (χ1n) is 8.73. The average Bonchev–Trinajstić information content (AvgIpc) is 2.68. The van der Waals surface area contributed by atoms with Gasteiger partial charge in [-0.25, -0.2) is 8.42 Å². The molecule has 0 bridgehead atoms. The molecule has 0 aromatic heterocycles. The first kappa shape index (κ1) is 21.1. The van der Waals surface area contributed by atoms with E-state index in [9.17, 15) is 13.2 Å². The van der Waals surface area contributed by atoms with Crippen molar-refractivity contribution >= 4 is 39.1 Å². The Hall–Kier alpha value is -1.64. The summed E-state index contributed by atoms with van der Waals surface area (Å²) in [5.41, 5.74) is 0.975. The maximum atomic E-state index is 12.8. The van der Waals surface area contributed by atoms with Crippen molar-refractivity contribution in [1.29, 1.82) is 0 Å². The molecule has 0 aliphatic carbocycles. The van der Waals surface area contributed by atoms with Crippen LogP contribution in [-0.4, -0.2) is 44.9 Å². The fourth-order valence-electron chi connectivity index (χ4n) is 2.94. The second-order valence-corrected chi connectivity index (χ2v) is 9.19. The van der Waals surface area contributed by atoms with E-state index in [-0.39, 0.29) is 16.5 Å². The summed E-state index contributed by atoms with van der Waals surface area (Å²) < 4.78 is 32.2. The number of benzene rings is 2. The van der Waals surface area contributed by atoms with Crippen LogP contribution >= 0.6 is 23.2 Å². The van der Waals surface area contributed by atoms with Crippen LogP contribution in [0.3, 0.4) is 0 Å². The monoisotopic (exact) mass is 442 g/mol. The van der Waals surface area contributed by atoms with E-state index in [1.165, 1.54) is 16.4 Å². The molecule has 1 unspecified atom stereocenters. The van der Waals surface area contributed by atoms with Gasteiger partial charge in [0.05, 0.1) is 24.2 Å². The largest absolute Gasteiger partial charge is 0.379 e. The molecule has 3 rings (SSSR count). The summed E-state index contributed by atoms with van der Waals surface area (Å²) in [6.07, 6.45) is 0. The summed E-state index contributed by atoms with van der Waals surface area (Å²) in [5.74, 6) is -0.391. The molecule has 6 nitrogen and oxygen atoms in total. The molecule has 28 heavy (non-hydrogen) atoms. The standard InChI is InChI=1S/C19H20Cl2N2O4S/c1-13(17-6-5-15(20)12-18(17)21)22-19(24)14-3-2-4-16(11-14)28(25,26)23-7-9-27-10-8-23/h2-6,11-13H,7-10H2,1H3,(H,22,24). The molecule has 2 aromatic rings. The number of halogens is 2. The topological polar surface area (TPSA) is 75.7 Å². The van der Waals surface area contributed by atoms with Gasteiger partial charge >= 0.3 is 0 Å². The Morgan fingerprint density at radius 3 is 2.54 bits per heavy atom. The third-order valence-corrected chi connectivity index (χ3v) is 6.94. The van der Waals surface area contributed by atoms with Gasteiger partial charge in [0, 0.05) is 28.7 Å². The van der Waals surface area contributed by atoms with Gasteiger partial charge in [0.25, 0.3) is 5.91 Å². The molecular weight excluding hydrogens is 423 g/mol. The molecule has 0 saturated carbocycles. The van der Waals surface area contributed by atoms with Gasteiger partial charge < -0.3 is 10.1 Å². The number of sulfonamides is 1. The Kier molecular flexibility index (Phi) is 6.62. The van der Waals surface area contributed by atoms with Crippen LogP contribution in [0.1, 0.15) is 28.9 Å². The number of nitrogens with zero attached hydrogens (tertiary/aromatic N) is 1. The quantitative estimate of drug-likeness (QED) is 0.768. The van der Waals surface area contributed by atoms with Crippen LogP contribution in [0.15, 0.2) is 47.4 Å². The van der Waals surface area contributed by atoms with E-state index in [4.69, 9.17) is 27.9 Å². The molecule has 9 heteroatoms. The molecule has 1 heterocycles. The number of rotatable bonds is 5. The Bertz CT molecular complexity index is 976. The average molecular weight is 443 g/mol. The molecule has 0 radical (unpaired) electrons. The zero-order valence-electron chi connectivity index (χ0n) is 15.2.